The molecule has 0 saturated carbocycles. The van der Waals surface area contributed by atoms with Crippen molar-refractivity contribution < 1.29 is 14.3 Å². The molecule has 1 unspecified atom stereocenters. The van der Waals surface area contributed by atoms with Crippen LogP contribution in [0.15, 0.2) is 18.4 Å². The number of hydrogen-bond donors (Lipinski definition) is 0. The lowest BCUT2D eigenvalue weighted by Gasteiger charge is -2.07. The Hall–Kier alpha value is -1.78. The highest BCUT2D eigenvalue weighted by molar-refractivity contribution is 6.35. The molecule has 0 aliphatic heterocycles. The summed E-state index contributed by atoms with van der Waals surface area (Å²) in [5.74, 6) is 2.78. The average molecular weight is 206 g/mol. The quantitative estimate of drug-likeness (QED) is 0.303. The molecule has 0 N–H and O–H groups in total. The molecular formula is C12H14O3. The van der Waals surface area contributed by atoms with Gasteiger partial charge in [0.1, 0.15) is 5.92 Å². The van der Waals surface area contributed by atoms with E-state index < -0.39 is 17.7 Å². The molecule has 0 fully saturated rings. The van der Waals surface area contributed by atoms with Crippen molar-refractivity contribution in [2.75, 3.05) is 0 Å². The molecule has 0 heterocycles. The van der Waals surface area contributed by atoms with Gasteiger partial charge in [0.15, 0.2) is 0 Å². The molecule has 1 atom stereocenters. The van der Waals surface area contributed by atoms with Gasteiger partial charge in [-0.1, -0.05) is 12.5 Å². The maximum Gasteiger partial charge on any atom is 0.376 e. The fourth-order valence-corrected chi connectivity index (χ4v) is 0.855. The Kier molecular flexibility index (Phi) is 5.85. The first-order valence-electron chi connectivity index (χ1n) is 4.56. The molecule has 0 aromatic carbocycles. The summed E-state index contributed by atoms with van der Waals surface area (Å²) in [6.07, 6.45) is 1.03. The molecule has 0 rings (SSSR count). The van der Waals surface area contributed by atoms with Gasteiger partial charge in [-0.2, -0.15) is 0 Å². The molecule has 0 spiro atoms. The summed E-state index contributed by atoms with van der Waals surface area (Å²) in [5, 5.41) is 0. The van der Waals surface area contributed by atoms with E-state index >= 15 is 0 Å². The van der Waals surface area contributed by atoms with E-state index in [-0.39, 0.29) is 6.10 Å². The summed E-state index contributed by atoms with van der Waals surface area (Å²) in [6.45, 7) is 8.27. The van der Waals surface area contributed by atoms with Crippen LogP contribution in [0.4, 0.5) is 0 Å². The van der Waals surface area contributed by atoms with Crippen LogP contribution in [0.2, 0.25) is 0 Å². The SMILES string of the molecule is C=C=CC(C#CC)C(=O)C(=O)OC(C)C. The van der Waals surface area contributed by atoms with Crippen LogP contribution in [-0.2, 0) is 14.3 Å². The van der Waals surface area contributed by atoms with Gasteiger partial charge in [-0.3, -0.25) is 4.79 Å². The van der Waals surface area contributed by atoms with Crippen molar-refractivity contribution in [3.63, 3.8) is 0 Å². The first kappa shape index (κ1) is 13.2. The van der Waals surface area contributed by atoms with E-state index in [1.54, 1.807) is 20.8 Å². The lowest BCUT2D eigenvalue weighted by molar-refractivity contribution is -0.157. The van der Waals surface area contributed by atoms with Gasteiger partial charge in [0, 0.05) is 0 Å². The highest BCUT2D eigenvalue weighted by atomic mass is 16.5. The van der Waals surface area contributed by atoms with Gasteiger partial charge in [0.05, 0.1) is 6.10 Å². The van der Waals surface area contributed by atoms with Gasteiger partial charge in [0.25, 0.3) is 5.78 Å². The van der Waals surface area contributed by atoms with Crippen LogP contribution >= 0.6 is 0 Å². The maximum absolute atomic E-state index is 11.5. The molecule has 0 aliphatic rings. The number of carbonyl (C=O) groups excluding carboxylic acids is 2. The smallest absolute Gasteiger partial charge is 0.376 e. The van der Waals surface area contributed by atoms with Crippen LogP contribution < -0.4 is 0 Å². The number of hydrogen-bond acceptors (Lipinski definition) is 3. The average Bonchev–Trinajstić information content (AvgIpc) is 2.15. The molecule has 0 aromatic heterocycles. The molecule has 0 aliphatic carbocycles. The molecule has 3 heteroatoms. The Morgan fingerprint density at radius 2 is 2.00 bits per heavy atom. The summed E-state index contributed by atoms with van der Waals surface area (Å²) in [4.78, 5) is 22.7. The van der Waals surface area contributed by atoms with Crippen LogP contribution in [0.1, 0.15) is 20.8 Å². The Balaban J connectivity index is 4.69. The zero-order valence-corrected chi connectivity index (χ0v) is 9.16. The van der Waals surface area contributed by atoms with E-state index in [0.29, 0.717) is 0 Å². The number of ether oxygens (including phenoxy) is 1. The number of Topliss-reactive ketones (excluding diaryl/α,β-unsaturated/α-hetero) is 1. The van der Waals surface area contributed by atoms with Gasteiger partial charge >= 0.3 is 5.97 Å². The molecule has 3 nitrogen and oxygen atoms in total. The normalized spacial score (nSPS) is 10.7. The first-order chi connectivity index (χ1) is 7.02. The Morgan fingerprint density at radius 1 is 1.40 bits per heavy atom. The van der Waals surface area contributed by atoms with E-state index in [0.717, 1.165) is 0 Å². The van der Waals surface area contributed by atoms with Crippen molar-refractivity contribution in [1.82, 2.24) is 0 Å². The predicted molar refractivity (Wildman–Crippen MR) is 56.9 cm³/mol. The molecule has 0 radical (unpaired) electrons. The van der Waals surface area contributed by atoms with Crippen LogP contribution in [0.5, 0.6) is 0 Å². The summed E-state index contributed by atoms with van der Waals surface area (Å²) < 4.78 is 4.76. The Labute approximate surface area is 89.8 Å². The van der Waals surface area contributed by atoms with Crippen molar-refractivity contribution in [3.8, 4) is 11.8 Å². The van der Waals surface area contributed by atoms with E-state index in [1.165, 1.54) is 6.08 Å². The standard InChI is InChI=1S/C12H14O3/c1-5-7-10(8-6-2)11(13)12(14)15-9(3)4/h7,9-10H,1H2,2-4H3. The van der Waals surface area contributed by atoms with Crippen LogP contribution in [-0.4, -0.2) is 17.9 Å². The van der Waals surface area contributed by atoms with E-state index in [1.807, 2.05) is 0 Å². The third-order valence-electron chi connectivity index (χ3n) is 1.41. The zero-order chi connectivity index (χ0) is 11.8. The second-order valence-corrected chi connectivity index (χ2v) is 3.06. The number of ketones is 1. The van der Waals surface area contributed by atoms with E-state index in [9.17, 15) is 9.59 Å². The van der Waals surface area contributed by atoms with Crippen LogP contribution in [0.3, 0.4) is 0 Å². The van der Waals surface area contributed by atoms with E-state index in [2.05, 4.69) is 24.2 Å². The molecule has 80 valence electrons. The number of esters is 1. The van der Waals surface area contributed by atoms with Gasteiger partial charge in [-0.05, 0) is 26.8 Å². The van der Waals surface area contributed by atoms with Gasteiger partial charge in [0.2, 0.25) is 0 Å². The van der Waals surface area contributed by atoms with Crippen molar-refractivity contribution >= 4 is 11.8 Å². The van der Waals surface area contributed by atoms with Crippen molar-refractivity contribution in [2.24, 2.45) is 5.92 Å². The minimum absolute atomic E-state index is 0.315. The summed E-state index contributed by atoms with van der Waals surface area (Å²) in [6, 6.07) is 0. The molecule has 15 heavy (non-hydrogen) atoms. The Bertz CT molecular complexity index is 349. The van der Waals surface area contributed by atoms with Crippen LogP contribution in [0.25, 0.3) is 0 Å². The minimum atomic E-state index is -0.871. The second-order valence-electron chi connectivity index (χ2n) is 3.06. The highest BCUT2D eigenvalue weighted by Gasteiger charge is 2.23. The van der Waals surface area contributed by atoms with Gasteiger partial charge in [-0.25, -0.2) is 4.79 Å². The van der Waals surface area contributed by atoms with E-state index in [4.69, 9.17) is 4.74 Å². The first-order valence-corrected chi connectivity index (χ1v) is 4.56. The van der Waals surface area contributed by atoms with Crippen molar-refractivity contribution in [1.29, 1.82) is 0 Å². The number of allylic oxidation sites excluding steroid dienone is 1. The van der Waals surface area contributed by atoms with Crippen molar-refractivity contribution in [3.05, 3.63) is 18.4 Å². The Morgan fingerprint density at radius 3 is 2.40 bits per heavy atom. The topological polar surface area (TPSA) is 43.4 Å². The van der Waals surface area contributed by atoms with Gasteiger partial charge < -0.3 is 4.74 Å². The zero-order valence-electron chi connectivity index (χ0n) is 9.16. The largest absolute Gasteiger partial charge is 0.457 e. The summed E-state index contributed by atoms with van der Waals surface area (Å²) in [7, 11) is 0. The second kappa shape index (κ2) is 6.64. The lowest BCUT2D eigenvalue weighted by Crippen LogP contribution is -2.26. The predicted octanol–water partition coefficient (Wildman–Crippen LogP) is 1.49. The number of carbonyl (C=O) groups is 2. The molecular weight excluding hydrogens is 192 g/mol. The van der Waals surface area contributed by atoms with Gasteiger partial charge in [-0.15, -0.1) is 11.7 Å². The molecule has 0 saturated heterocycles. The van der Waals surface area contributed by atoms with Crippen LogP contribution in [0, 0.1) is 17.8 Å². The molecule has 0 bridgehead atoms. The number of rotatable bonds is 4. The summed E-state index contributed by atoms with van der Waals surface area (Å²) in [5.41, 5.74) is 2.44. The minimum Gasteiger partial charge on any atom is -0.457 e. The highest BCUT2D eigenvalue weighted by Crippen LogP contribution is 2.02. The lowest BCUT2D eigenvalue weighted by atomic mass is 10.1. The maximum atomic E-state index is 11.5. The fraction of sp³-hybridized carbons (Fsp3) is 0.417. The van der Waals surface area contributed by atoms with Crippen molar-refractivity contribution in [2.45, 2.75) is 26.9 Å². The third-order valence-corrected chi connectivity index (χ3v) is 1.41. The molecule has 0 aromatic rings. The monoisotopic (exact) mass is 206 g/mol. The third kappa shape index (κ3) is 4.85. The fourth-order valence-electron chi connectivity index (χ4n) is 0.855. The molecule has 0 amide bonds. The summed E-state index contributed by atoms with van der Waals surface area (Å²) >= 11 is 0.